The number of hydrogen-bond acceptors (Lipinski definition) is 4. The van der Waals surface area contributed by atoms with Gasteiger partial charge in [0.2, 0.25) is 5.91 Å². The van der Waals surface area contributed by atoms with Crippen LogP contribution in [0.2, 0.25) is 0 Å². The smallest absolute Gasteiger partial charge is 0.253 e. The number of carbonyl (C=O) groups excluding carboxylic acids is 2. The Bertz CT molecular complexity index is 562. The molecule has 1 aliphatic heterocycles. The highest BCUT2D eigenvalue weighted by atomic mass is 32.2. The number of ether oxygens (including phenoxy) is 1. The number of benzene rings is 1. The highest BCUT2D eigenvalue weighted by Crippen LogP contribution is 2.36. The van der Waals surface area contributed by atoms with Gasteiger partial charge >= 0.3 is 0 Å². The van der Waals surface area contributed by atoms with Crippen molar-refractivity contribution in [2.24, 2.45) is 0 Å². The van der Waals surface area contributed by atoms with Crippen LogP contribution in [0.5, 0.6) is 0 Å². The van der Waals surface area contributed by atoms with Crippen molar-refractivity contribution >= 4 is 29.3 Å². The van der Waals surface area contributed by atoms with E-state index in [2.05, 4.69) is 5.32 Å². The van der Waals surface area contributed by atoms with Gasteiger partial charge in [-0.15, -0.1) is 11.8 Å². The molecule has 1 heterocycles. The van der Waals surface area contributed by atoms with Gasteiger partial charge in [0.15, 0.2) is 0 Å². The predicted octanol–water partition coefficient (Wildman–Crippen LogP) is 2.23. The van der Waals surface area contributed by atoms with Crippen molar-refractivity contribution in [1.29, 1.82) is 0 Å². The van der Waals surface area contributed by atoms with E-state index >= 15 is 0 Å². The normalized spacial score (nSPS) is 18.7. The minimum atomic E-state index is -0.108. The van der Waals surface area contributed by atoms with Crippen LogP contribution in [0.25, 0.3) is 0 Å². The SMILES string of the molecule is COCC(C)N(C)C(=O)c1ccc2c(c1)NC(=O)C(C)S2. The van der Waals surface area contributed by atoms with Gasteiger partial charge in [-0.3, -0.25) is 9.59 Å². The van der Waals surface area contributed by atoms with Gasteiger partial charge in [0.25, 0.3) is 5.91 Å². The highest BCUT2D eigenvalue weighted by molar-refractivity contribution is 8.00. The van der Waals surface area contributed by atoms with Gasteiger partial charge in [0.05, 0.1) is 23.6 Å². The molecule has 114 valence electrons. The second-order valence-electron chi connectivity index (χ2n) is 5.18. The molecule has 21 heavy (non-hydrogen) atoms. The largest absolute Gasteiger partial charge is 0.383 e. The molecule has 2 unspecified atom stereocenters. The number of hydrogen-bond donors (Lipinski definition) is 1. The Labute approximate surface area is 129 Å². The molecule has 0 bridgehead atoms. The van der Waals surface area contributed by atoms with E-state index in [1.54, 1.807) is 31.2 Å². The summed E-state index contributed by atoms with van der Waals surface area (Å²) >= 11 is 1.51. The summed E-state index contributed by atoms with van der Waals surface area (Å²) in [6, 6.07) is 5.42. The van der Waals surface area contributed by atoms with Crippen molar-refractivity contribution in [1.82, 2.24) is 4.90 Å². The summed E-state index contributed by atoms with van der Waals surface area (Å²) in [5.74, 6) is -0.113. The topological polar surface area (TPSA) is 58.6 Å². The van der Waals surface area contributed by atoms with E-state index in [1.807, 2.05) is 19.9 Å². The van der Waals surface area contributed by atoms with E-state index in [9.17, 15) is 9.59 Å². The number of fused-ring (bicyclic) bond motifs is 1. The molecule has 6 heteroatoms. The van der Waals surface area contributed by atoms with E-state index in [0.717, 1.165) is 4.90 Å². The van der Waals surface area contributed by atoms with Crippen LogP contribution in [-0.4, -0.2) is 48.8 Å². The zero-order valence-electron chi connectivity index (χ0n) is 12.7. The Morgan fingerprint density at radius 2 is 2.24 bits per heavy atom. The van der Waals surface area contributed by atoms with Crippen LogP contribution in [-0.2, 0) is 9.53 Å². The molecule has 0 saturated carbocycles. The van der Waals surface area contributed by atoms with Crippen LogP contribution in [0.4, 0.5) is 5.69 Å². The predicted molar refractivity (Wildman–Crippen MR) is 83.8 cm³/mol. The number of likely N-dealkylation sites (N-methyl/N-ethyl adjacent to an activating group) is 1. The second-order valence-corrected chi connectivity index (χ2v) is 6.56. The highest BCUT2D eigenvalue weighted by Gasteiger charge is 2.25. The second kappa shape index (κ2) is 6.49. The Kier molecular flexibility index (Phi) is 4.90. The van der Waals surface area contributed by atoms with Gasteiger partial charge in [-0.2, -0.15) is 0 Å². The first-order valence-electron chi connectivity index (χ1n) is 6.81. The lowest BCUT2D eigenvalue weighted by molar-refractivity contribution is -0.115. The zero-order chi connectivity index (χ0) is 15.6. The van der Waals surface area contributed by atoms with E-state index in [0.29, 0.717) is 17.9 Å². The van der Waals surface area contributed by atoms with E-state index < -0.39 is 0 Å². The molecular weight excluding hydrogens is 288 g/mol. The number of anilines is 1. The van der Waals surface area contributed by atoms with Gasteiger partial charge in [-0.1, -0.05) is 0 Å². The molecule has 2 amide bonds. The maximum Gasteiger partial charge on any atom is 0.253 e. The zero-order valence-corrected chi connectivity index (χ0v) is 13.5. The van der Waals surface area contributed by atoms with Crippen LogP contribution in [0.15, 0.2) is 23.1 Å². The molecule has 0 fully saturated rings. The number of amides is 2. The molecule has 0 saturated heterocycles. The van der Waals surface area contributed by atoms with Crippen molar-refractivity contribution < 1.29 is 14.3 Å². The fraction of sp³-hybridized carbons (Fsp3) is 0.467. The van der Waals surface area contributed by atoms with Gasteiger partial charge in [-0.25, -0.2) is 0 Å². The van der Waals surface area contributed by atoms with Crippen LogP contribution >= 0.6 is 11.8 Å². The molecule has 2 atom stereocenters. The van der Waals surface area contributed by atoms with Crippen LogP contribution in [0, 0.1) is 0 Å². The molecule has 5 nitrogen and oxygen atoms in total. The first kappa shape index (κ1) is 15.9. The minimum absolute atomic E-state index is 0.0116. The van der Waals surface area contributed by atoms with Crippen LogP contribution in [0.1, 0.15) is 24.2 Å². The molecule has 0 spiro atoms. The average molecular weight is 308 g/mol. The van der Waals surface area contributed by atoms with Crippen molar-refractivity contribution in [3.05, 3.63) is 23.8 Å². The molecule has 0 aromatic heterocycles. The summed E-state index contributed by atoms with van der Waals surface area (Å²) in [5, 5.41) is 2.74. The van der Waals surface area contributed by atoms with Crippen LogP contribution < -0.4 is 5.32 Å². The summed E-state index contributed by atoms with van der Waals surface area (Å²) in [6.07, 6.45) is 0. The molecule has 1 aromatic rings. The third kappa shape index (κ3) is 3.39. The van der Waals surface area contributed by atoms with E-state index in [1.165, 1.54) is 11.8 Å². The quantitative estimate of drug-likeness (QED) is 0.926. The third-order valence-electron chi connectivity index (χ3n) is 3.55. The summed E-state index contributed by atoms with van der Waals surface area (Å²) in [7, 11) is 3.36. The summed E-state index contributed by atoms with van der Waals surface area (Å²) < 4.78 is 5.07. The summed E-state index contributed by atoms with van der Waals surface area (Å²) in [6.45, 7) is 4.28. The Hall–Kier alpha value is -1.53. The number of nitrogens with one attached hydrogen (secondary N) is 1. The van der Waals surface area contributed by atoms with Crippen molar-refractivity contribution in [3.63, 3.8) is 0 Å². The average Bonchev–Trinajstić information content (AvgIpc) is 2.46. The van der Waals surface area contributed by atoms with Gasteiger partial charge in [-0.05, 0) is 32.0 Å². The van der Waals surface area contributed by atoms with E-state index in [-0.39, 0.29) is 23.1 Å². The summed E-state index contributed by atoms with van der Waals surface area (Å²) in [4.78, 5) is 26.8. The van der Waals surface area contributed by atoms with Crippen molar-refractivity contribution in [3.8, 4) is 0 Å². The first-order chi connectivity index (χ1) is 9.93. The molecular formula is C15H20N2O3S. The third-order valence-corrected chi connectivity index (χ3v) is 4.72. The molecule has 1 aromatic carbocycles. The number of nitrogens with zero attached hydrogens (tertiary/aromatic N) is 1. The lowest BCUT2D eigenvalue weighted by Gasteiger charge is -2.26. The number of methoxy groups -OCH3 is 1. The van der Waals surface area contributed by atoms with Crippen LogP contribution in [0.3, 0.4) is 0 Å². The standard InChI is InChI=1S/C15H20N2O3S/c1-9(8-20-4)17(3)15(19)11-5-6-13-12(7-11)16-14(18)10(2)21-13/h5-7,9-10H,8H2,1-4H3,(H,16,18). The Morgan fingerprint density at radius 1 is 1.52 bits per heavy atom. The number of rotatable bonds is 4. The lowest BCUT2D eigenvalue weighted by atomic mass is 10.1. The Morgan fingerprint density at radius 3 is 2.90 bits per heavy atom. The number of thioether (sulfide) groups is 1. The maximum absolute atomic E-state index is 12.4. The fourth-order valence-corrected chi connectivity index (χ4v) is 3.03. The molecule has 2 rings (SSSR count). The maximum atomic E-state index is 12.4. The number of carbonyl (C=O) groups is 2. The molecule has 1 N–H and O–H groups in total. The van der Waals surface area contributed by atoms with Gasteiger partial charge in [0.1, 0.15) is 0 Å². The molecule has 0 aliphatic carbocycles. The molecule has 1 aliphatic rings. The van der Waals surface area contributed by atoms with Gasteiger partial charge in [0, 0.05) is 24.6 Å². The molecule has 0 radical (unpaired) electrons. The minimum Gasteiger partial charge on any atom is -0.383 e. The monoisotopic (exact) mass is 308 g/mol. The fourth-order valence-electron chi connectivity index (χ4n) is 2.10. The van der Waals surface area contributed by atoms with Gasteiger partial charge < -0.3 is 15.0 Å². The summed E-state index contributed by atoms with van der Waals surface area (Å²) in [5.41, 5.74) is 1.27. The lowest BCUT2D eigenvalue weighted by Crippen LogP contribution is -2.38. The Balaban J connectivity index is 2.20. The first-order valence-corrected chi connectivity index (χ1v) is 7.69. The van der Waals surface area contributed by atoms with E-state index in [4.69, 9.17) is 4.74 Å². The van der Waals surface area contributed by atoms with Crippen molar-refractivity contribution in [2.75, 3.05) is 26.1 Å². The van der Waals surface area contributed by atoms with Crippen molar-refractivity contribution in [2.45, 2.75) is 30.0 Å².